The molecule has 42 heavy (non-hydrogen) atoms. The predicted octanol–water partition coefficient (Wildman–Crippen LogP) is 6.96. The number of hydrogen-bond acceptors (Lipinski definition) is 7. The minimum atomic E-state index is -2.03. The van der Waals surface area contributed by atoms with Crippen LogP contribution >= 0.6 is 46.6 Å². The highest BCUT2D eigenvalue weighted by Gasteiger charge is 2.33. The van der Waals surface area contributed by atoms with E-state index in [1.807, 2.05) is 72.8 Å². The van der Waals surface area contributed by atoms with Gasteiger partial charge in [0.15, 0.2) is 11.4 Å². The number of thioether (sulfide) groups is 1. The first-order valence-corrected chi connectivity index (χ1v) is 15.4. The zero-order valence-corrected chi connectivity index (χ0v) is 25.4. The van der Waals surface area contributed by atoms with Crippen LogP contribution in [0.3, 0.4) is 0 Å². The molecule has 2 N–H and O–H groups in total. The summed E-state index contributed by atoms with van der Waals surface area (Å²) in [4.78, 5) is 20.7. The molecule has 0 unspecified atom stereocenters. The van der Waals surface area contributed by atoms with E-state index < -0.39 is 16.0 Å². The topological polar surface area (TPSA) is 93.6 Å². The van der Waals surface area contributed by atoms with E-state index in [0.29, 0.717) is 17.3 Å². The van der Waals surface area contributed by atoms with Crippen LogP contribution in [0.25, 0.3) is 11.1 Å². The summed E-state index contributed by atoms with van der Waals surface area (Å²) in [5.41, 5.74) is 5.52. The second kappa shape index (κ2) is 14.2. The van der Waals surface area contributed by atoms with Gasteiger partial charge in [-0.05, 0) is 33.9 Å². The molecule has 1 fully saturated rings. The maximum absolute atomic E-state index is 12.1. The van der Waals surface area contributed by atoms with E-state index in [0.717, 1.165) is 33.4 Å². The van der Waals surface area contributed by atoms with Crippen molar-refractivity contribution >= 4 is 52.5 Å². The van der Waals surface area contributed by atoms with Crippen molar-refractivity contribution in [3.05, 3.63) is 114 Å². The molecule has 1 aliphatic heterocycles. The molecular formula is C31H28Cl3N3O4S. The first-order chi connectivity index (χ1) is 20.3. The molecule has 0 aliphatic carbocycles. The number of aliphatic hydroxyl groups is 1. The van der Waals surface area contributed by atoms with Crippen molar-refractivity contribution in [3.63, 3.8) is 0 Å². The standard InChI is InChI=1S/C31H28Cl3N3O4S/c32-31(33,34)29(39)37-17-24-4-1-2-5-26(24)21-10-12-23(13-11-21)28-40-25(19-42-30-35-14-3-15-36-30)16-27(41-28)22-8-6-20(18-38)7-9-22/h1-15,25,27-28,38H,16-19H2,(H,37,39)/t25-,27+,28+/m0/s1. The van der Waals surface area contributed by atoms with E-state index in [4.69, 9.17) is 44.3 Å². The summed E-state index contributed by atoms with van der Waals surface area (Å²) in [6.45, 7) is 0.198. The minimum Gasteiger partial charge on any atom is -0.392 e. The van der Waals surface area contributed by atoms with Crippen LogP contribution in [0.2, 0.25) is 0 Å². The number of aromatic nitrogens is 2. The zero-order chi connectivity index (χ0) is 29.5. The molecule has 0 radical (unpaired) electrons. The van der Waals surface area contributed by atoms with Gasteiger partial charge in [0.25, 0.3) is 9.70 Å². The van der Waals surface area contributed by atoms with Crippen molar-refractivity contribution in [1.82, 2.24) is 15.3 Å². The van der Waals surface area contributed by atoms with Crippen LogP contribution in [0.5, 0.6) is 0 Å². The summed E-state index contributed by atoms with van der Waals surface area (Å²) < 4.78 is 10.9. The van der Waals surface area contributed by atoms with Crippen molar-refractivity contribution in [3.8, 4) is 11.1 Å². The smallest absolute Gasteiger partial charge is 0.272 e. The lowest BCUT2D eigenvalue weighted by Gasteiger charge is -2.36. The molecule has 3 atom stereocenters. The fraction of sp³-hybridized carbons (Fsp3) is 0.258. The molecule has 11 heteroatoms. The van der Waals surface area contributed by atoms with Crippen molar-refractivity contribution < 1.29 is 19.4 Å². The molecule has 4 aromatic rings. The maximum Gasteiger partial charge on any atom is 0.272 e. The normalized spacial score (nSPS) is 18.9. The molecule has 1 amide bonds. The third-order valence-electron chi connectivity index (χ3n) is 6.76. The third kappa shape index (κ3) is 8.02. The number of carbonyl (C=O) groups is 1. The number of rotatable bonds is 9. The number of carbonyl (C=O) groups excluding carboxylic acids is 1. The lowest BCUT2D eigenvalue weighted by atomic mass is 9.98. The predicted molar refractivity (Wildman–Crippen MR) is 165 cm³/mol. The van der Waals surface area contributed by atoms with E-state index >= 15 is 0 Å². The number of aliphatic hydroxyl groups excluding tert-OH is 1. The van der Waals surface area contributed by atoms with E-state index in [2.05, 4.69) is 15.3 Å². The number of alkyl halides is 3. The zero-order valence-electron chi connectivity index (χ0n) is 22.3. The summed E-state index contributed by atoms with van der Waals surface area (Å²) in [6, 6.07) is 25.3. The number of ether oxygens (including phenoxy) is 2. The number of amides is 1. The Morgan fingerprint density at radius 2 is 1.62 bits per heavy atom. The Morgan fingerprint density at radius 3 is 2.31 bits per heavy atom. The summed E-state index contributed by atoms with van der Waals surface area (Å²) in [6.07, 6.45) is 3.23. The first-order valence-electron chi connectivity index (χ1n) is 13.2. The van der Waals surface area contributed by atoms with Gasteiger partial charge in [0.2, 0.25) is 0 Å². The van der Waals surface area contributed by atoms with Gasteiger partial charge in [0.05, 0.1) is 18.8 Å². The van der Waals surface area contributed by atoms with Crippen LogP contribution in [-0.2, 0) is 27.4 Å². The van der Waals surface area contributed by atoms with Crippen LogP contribution < -0.4 is 5.32 Å². The second-order valence-corrected chi connectivity index (χ2v) is 12.9. The van der Waals surface area contributed by atoms with Crippen LogP contribution in [0.1, 0.15) is 41.1 Å². The Hall–Kier alpha value is -2.69. The van der Waals surface area contributed by atoms with Gasteiger partial charge in [-0.25, -0.2) is 9.97 Å². The van der Waals surface area contributed by atoms with Gasteiger partial charge in [-0.2, -0.15) is 0 Å². The van der Waals surface area contributed by atoms with Crippen molar-refractivity contribution in [2.75, 3.05) is 5.75 Å². The summed E-state index contributed by atoms with van der Waals surface area (Å²) in [7, 11) is 0. The van der Waals surface area contributed by atoms with E-state index in [1.54, 1.807) is 30.2 Å². The van der Waals surface area contributed by atoms with E-state index in [1.165, 1.54) is 0 Å². The number of nitrogens with one attached hydrogen (secondary N) is 1. The molecular weight excluding hydrogens is 617 g/mol. The highest BCUT2D eigenvalue weighted by Crippen LogP contribution is 2.40. The maximum atomic E-state index is 12.1. The van der Waals surface area contributed by atoms with Crippen LogP contribution in [0.4, 0.5) is 0 Å². The number of nitrogens with zero attached hydrogens (tertiary/aromatic N) is 2. The molecule has 2 heterocycles. The van der Waals surface area contributed by atoms with Crippen LogP contribution in [0.15, 0.2) is 96.4 Å². The third-order valence-corrected chi connectivity index (χ3v) is 8.29. The van der Waals surface area contributed by atoms with Gasteiger partial charge in [0, 0.05) is 36.7 Å². The highest BCUT2D eigenvalue weighted by atomic mass is 35.6. The lowest BCUT2D eigenvalue weighted by molar-refractivity contribution is -0.245. The van der Waals surface area contributed by atoms with Gasteiger partial charge in [-0.1, -0.05) is 119 Å². The molecule has 3 aromatic carbocycles. The van der Waals surface area contributed by atoms with Crippen molar-refractivity contribution in [1.29, 1.82) is 0 Å². The monoisotopic (exact) mass is 643 g/mol. The lowest BCUT2D eigenvalue weighted by Crippen LogP contribution is -2.34. The largest absolute Gasteiger partial charge is 0.392 e. The molecule has 7 nitrogen and oxygen atoms in total. The average Bonchev–Trinajstić information content (AvgIpc) is 3.03. The Bertz CT molecular complexity index is 1470. The Morgan fingerprint density at radius 1 is 0.929 bits per heavy atom. The summed E-state index contributed by atoms with van der Waals surface area (Å²) in [5.74, 6) is -0.0168. The van der Waals surface area contributed by atoms with Gasteiger partial charge >= 0.3 is 0 Å². The quantitative estimate of drug-likeness (QED) is 0.116. The Labute approximate surface area is 263 Å². The van der Waals surface area contributed by atoms with Crippen molar-refractivity contribution in [2.45, 2.75) is 47.0 Å². The minimum absolute atomic E-state index is 0.0113. The van der Waals surface area contributed by atoms with Crippen molar-refractivity contribution in [2.24, 2.45) is 0 Å². The fourth-order valence-corrected chi connectivity index (χ4v) is 5.62. The summed E-state index contributed by atoms with van der Waals surface area (Å²) >= 11 is 18.6. The first kappa shape index (κ1) is 30.8. The molecule has 0 saturated carbocycles. The van der Waals surface area contributed by atoms with Gasteiger partial charge < -0.3 is 19.9 Å². The Kier molecular flexibility index (Phi) is 10.4. The Balaban J connectivity index is 1.34. The van der Waals surface area contributed by atoms with Crippen LogP contribution in [0, 0.1) is 0 Å². The number of halogens is 3. The molecule has 0 spiro atoms. The number of hydrogen-bond donors (Lipinski definition) is 2. The molecule has 0 bridgehead atoms. The average molecular weight is 645 g/mol. The van der Waals surface area contributed by atoms with E-state index in [9.17, 15) is 9.90 Å². The molecule has 5 rings (SSSR count). The van der Waals surface area contributed by atoms with Crippen LogP contribution in [-0.4, -0.2) is 36.6 Å². The van der Waals surface area contributed by atoms with Gasteiger partial charge in [-0.3, -0.25) is 4.79 Å². The highest BCUT2D eigenvalue weighted by molar-refractivity contribution is 7.99. The van der Waals surface area contributed by atoms with Gasteiger partial charge in [0.1, 0.15) is 0 Å². The number of benzene rings is 3. The molecule has 1 aromatic heterocycles. The molecule has 218 valence electrons. The molecule has 1 saturated heterocycles. The van der Waals surface area contributed by atoms with E-state index in [-0.39, 0.29) is 25.4 Å². The SMILES string of the molecule is O=C(NCc1ccccc1-c1ccc([C@@H]2O[C@H](CSc3ncccn3)C[C@H](c3ccc(CO)cc3)O2)cc1)C(Cl)(Cl)Cl. The molecule has 1 aliphatic rings. The second-order valence-electron chi connectivity index (χ2n) is 9.65. The fourth-order valence-electron chi connectivity index (χ4n) is 4.60. The van der Waals surface area contributed by atoms with Gasteiger partial charge in [-0.15, -0.1) is 0 Å². The summed E-state index contributed by atoms with van der Waals surface area (Å²) in [5, 5.41) is 12.8.